The summed E-state index contributed by atoms with van der Waals surface area (Å²) < 4.78 is 18.3. The second-order valence-electron chi connectivity index (χ2n) is 7.31. The SMILES string of the molecule is CNC1CCC2(CC1OC1CCC(C)C(C)C1)OCCO2. The fourth-order valence-corrected chi connectivity index (χ4v) is 4.21. The molecule has 2 saturated carbocycles. The molecule has 3 rings (SSSR count). The van der Waals surface area contributed by atoms with Gasteiger partial charge in [-0.3, -0.25) is 0 Å². The van der Waals surface area contributed by atoms with Crippen molar-refractivity contribution in [2.45, 2.75) is 76.4 Å². The fraction of sp³-hybridized carbons (Fsp3) is 1.00. The van der Waals surface area contributed by atoms with Crippen LogP contribution in [0.15, 0.2) is 0 Å². The Labute approximate surface area is 128 Å². The smallest absolute Gasteiger partial charge is 0.171 e. The summed E-state index contributed by atoms with van der Waals surface area (Å²) in [5, 5.41) is 3.43. The van der Waals surface area contributed by atoms with Crippen LogP contribution in [-0.2, 0) is 14.2 Å². The van der Waals surface area contributed by atoms with E-state index in [0.29, 0.717) is 12.1 Å². The highest BCUT2D eigenvalue weighted by Gasteiger charge is 2.46. The topological polar surface area (TPSA) is 39.7 Å². The summed E-state index contributed by atoms with van der Waals surface area (Å²) in [5.41, 5.74) is 0. The maximum atomic E-state index is 6.52. The lowest BCUT2D eigenvalue weighted by atomic mass is 9.80. The molecular weight excluding hydrogens is 266 g/mol. The minimum absolute atomic E-state index is 0.215. The molecule has 2 aliphatic carbocycles. The van der Waals surface area contributed by atoms with Crippen LogP contribution in [0, 0.1) is 11.8 Å². The van der Waals surface area contributed by atoms with E-state index in [4.69, 9.17) is 14.2 Å². The number of ether oxygens (including phenoxy) is 3. The van der Waals surface area contributed by atoms with Crippen molar-refractivity contribution in [1.29, 1.82) is 0 Å². The highest BCUT2D eigenvalue weighted by Crippen LogP contribution is 2.39. The van der Waals surface area contributed by atoms with Crippen LogP contribution in [0.5, 0.6) is 0 Å². The fourth-order valence-electron chi connectivity index (χ4n) is 4.21. The first kappa shape index (κ1) is 15.7. The third kappa shape index (κ3) is 3.44. The Kier molecular flexibility index (Phi) is 4.89. The second kappa shape index (κ2) is 6.53. The number of nitrogens with one attached hydrogen (secondary N) is 1. The van der Waals surface area contributed by atoms with Gasteiger partial charge in [0.15, 0.2) is 5.79 Å². The highest BCUT2D eigenvalue weighted by atomic mass is 16.7. The van der Waals surface area contributed by atoms with Gasteiger partial charge in [0, 0.05) is 18.9 Å². The first-order valence-electron chi connectivity index (χ1n) is 8.72. The highest BCUT2D eigenvalue weighted by molar-refractivity contribution is 4.93. The second-order valence-corrected chi connectivity index (χ2v) is 7.31. The third-order valence-electron chi connectivity index (χ3n) is 5.90. The molecule has 0 amide bonds. The monoisotopic (exact) mass is 297 g/mol. The van der Waals surface area contributed by atoms with Gasteiger partial charge in [-0.25, -0.2) is 0 Å². The molecule has 1 saturated heterocycles. The van der Waals surface area contributed by atoms with Gasteiger partial charge in [-0.2, -0.15) is 0 Å². The summed E-state index contributed by atoms with van der Waals surface area (Å²) in [7, 11) is 2.04. The maximum Gasteiger partial charge on any atom is 0.171 e. The van der Waals surface area contributed by atoms with Gasteiger partial charge in [-0.05, 0) is 44.6 Å². The van der Waals surface area contributed by atoms with E-state index in [1.54, 1.807) is 0 Å². The summed E-state index contributed by atoms with van der Waals surface area (Å²) in [6.45, 7) is 6.19. The van der Waals surface area contributed by atoms with Crippen molar-refractivity contribution in [1.82, 2.24) is 5.32 Å². The zero-order valence-corrected chi connectivity index (χ0v) is 13.8. The van der Waals surface area contributed by atoms with E-state index in [-0.39, 0.29) is 11.9 Å². The standard InChI is InChI=1S/C17H31NO3/c1-12-4-5-14(10-13(12)2)21-16-11-17(19-8-9-20-17)7-6-15(16)18-3/h12-16,18H,4-11H2,1-3H3. The predicted octanol–water partition coefficient (Wildman–Crippen LogP) is 2.71. The minimum Gasteiger partial charge on any atom is -0.373 e. The van der Waals surface area contributed by atoms with Crippen LogP contribution in [0.2, 0.25) is 0 Å². The van der Waals surface area contributed by atoms with Gasteiger partial charge in [0.1, 0.15) is 0 Å². The Morgan fingerprint density at radius 2 is 1.81 bits per heavy atom. The molecule has 3 aliphatic rings. The zero-order valence-electron chi connectivity index (χ0n) is 13.8. The molecule has 0 aromatic carbocycles. The molecule has 5 atom stereocenters. The van der Waals surface area contributed by atoms with E-state index < -0.39 is 0 Å². The largest absolute Gasteiger partial charge is 0.373 e. The lowest BCUT2D eigenvalue weighted by molar-refractivity contribution is -0.215. The van der Waals surface area contributed by atoms with E-state index in [0.717, 1.165) is 44.3 Å². The van der Waals surface area contributed by atoms with Crippen molar-refractivity contribution in [2.24, 2.45) is 11.8 Å². The van der Waals surface area contributed by atoms with Crippen molar-refractivity contribution < 1.29 is 14.2 Å². The molecule has 122 valence electrons. The van der Waals surface area contributed by atoms with Crippen LogP contribution in [0.1, 0.15) is 52.4 Å². The average Bonchev–Trinajstić information content (AvgIpc) is 2.91. The van der Waals surface area contributed by atoms with Crippen LogP contribution >= 0.6 is 0 Å². The first-order valence-corrected chi connectivity index (χ1v) is 8.72. The molecule has 1 N–H and O–H groups in total. The quantitative estimate of drug-likeness (QED) is 0.869. The van der Waals surface area contributed by atoms with Crippen molar-refractivity contribution in [3.05, 3.63) is 0 Å². The van der Waals surface area contributed by atoms with E-state index >= 15 is 0 Å². The Bertz CT molecular complexity index is 343. The van der Waals surface area contributed by atoms with Gasteiger partial charge in [0.2, 0.25) is 0 Å². The first-order chi connectivity index (χ1) is 10.1. The minimum atomic E-state index is -0.356. The Balaban J connectivity index is 1.61. The number of hydrogen-bond donors (Lipinski definition) is 1. The molecule has 3 fully saturated rings. The molecule has 5 unspecified atom stereocenters. The van der Waals surface area contributed by atoms with Crippen LogP contribution in [0.3, 0.4) is 0 Å². The van der Waals surface area contributed by atoms with Gasteiger partial charge in [-0.1, -0.05) is 13.8 Å². The predicted molar refractivity (Wildman–Crippen MR) is 82.2 cm³/mol. The van der Waals surface area contributed by atoms with Crippen LogP contribution in [0.4, 0.5) is 0 Å². The molecule has 4 nitrogen and oxygen atoms in total. The molecule has 1 aliphatic heterocycles. The van der Waals surface area contributed by atoms with E-state index in [1.165, 1.54) is 19.3 Å². The van der Waals surface area contributed by atoms with Crippen LogP contribution in [-0.4, -0.2) is 44.3 Å². The Morgan fingerprint density at radius 1 is 1.05 bits per heavy atom. The number of hydrogen-bond acceptors (Lipinski definition) is 4. The summed E-state index contributed by atoms with van der Waals surface area (Å²) in [5.74, 6) is 1.25. The Morgan fingerprint density at radius 3 is 2.48 bits per heavy atom. The van der Waals surface area contributed by atoms with Gasteiger partial charge in [0.05, 0.1) is 25.4 Å². The lowest BCUT2D eigenvalue weighted by Gasteiger charge is -2.43. The van der Waals surface area contributed by atoms with Crippen molar-refractivity contribution in [2.75, 3.05) is 20.3 Å². The molecule has 1 spiro atoms. The van der Waals surface area contributed by atoms with Gasteiger partial charge in [-0.15, -0.1) is 0 Å². The summed E-state index contributed by atoms with van der Waals surface area (Å²) >= 11 is 0. The summed E-state index contributed by atoms with van der Waals surface area (Å²) in [6.07, 6.45) is 7.24. The lowest BCUT2D eigenvalue weighted by Crippen LogP contribution is -2.52. The molecule has 21 heavy (non-hydrogen) atoms. The van der Waals surface area contributed by atoms with E-state index in [9.17, 15) is 0 Å². The van der Waals surface area contributed by atoms with Crippen LogP contribution < -0.4 is 5.32 Å². The molecular formula is C17H31NO3. The van der Waals surface area contributed by atoms with E-state index in [1.807, 2.05) is 7.05 Å². The summed E-state index contributed by atoms with van der Waals surface area (Å²) in [6, 6.07) is 0.429. The molecule has 1 heterocycles. The van der Waals surface area contributed by atoms with Gasteiger partial charge >= 0.3 is 0 Å². The average molecular weight is 297 g/mol. The van der Waals surface area contributed by atoms with E-state index in [2.05, 4.69) is 19.2 Å². The normalized spacial score (nSPS) is 43.3. The zero-order chi connectivity index (χ0) is 14.9. The van der Waals surface area contributed by atoms with Crippen molar-refractivity contribution in [3.63, 3.8) is 0 Å². The molecule has 0 aromatic rings. The maximum absolute atomic E-state index is 6.52. The van der Waals surface area contributed by atoms with Crippen LogP contribution in [0.25, 0.3) is 0 Å². The van der Waals surface area contributed by atoms with Crippen molar-refractivity contribution in [3.8, 4) is 0 Å². The van der Waals surface area contributed by atoms with Gasteiger partial charge in [0.25, 0.3) is 0 Å². The number of likely N-dealkylation sites (N-methyl/N-ethyl adjacent to an activating group) is 1. The number of rotatable bonds is 3. The van der Waals surface area contributed by atoms with Gasteiger partial charge < -0.3 is 19.5 Å². The molecule has 0 radical (unpaired) electrons. The third-order valence-corrected chi connectivity index (χ3v) is 5.90. The molecule has 4 heteroatoms. The molecule has 0 aromatic heterocycles. The summed E-state index contributed by atoms with van der Waals surface area (Å²) in [4.78, 5) is 0. The van der Waals surface area contributed by atoms with Crippen molar-refractivity contribution >= 4 is 0 Å². The Hall–Kier alpha value is -0.160. The molecule has 0 bridgehead atoms.